The highest BCUT2D eigenvalue weighted by atomic mass is 16.6. The second-order valence-corrected chi connectivity index (χ2v) is 7.01. The lowest BCUT2D eigenvalue weighted by Gasteiger charge is -2.48. The Morgan fingerprint density at radius 1 is 1.22 bits per heavy atom. The predicted octanol–water partition coefficient (Wildman–Crippen LogP) is 0.952. The van der Waals surface area contributed by atoms with Crippen LogP contribution in [0, 0.1) is 11.3 Å². The Morgan fingerprint density at radius 2 is 1.87 bits per heavy atom. The molecule has 1 fully saturated rings. The highest BCUT2D eigenvalue weighted by molar-refractivity contribution is 6.20. The third-order valence-electron chi connectivity index (χ3n) is 5.99. The monoisotopic (exact) mass is 322 g/mol. The molecular weight excluding hydrogens is 300 g/mol. The van der Waals surface area contributed by atoms with Gasteiger partial charge in [0.1, 0.15) is 0 Å². The summed E-state index contributed by atoms with van der Waals surface area (Å²) in [5.41, 5.74) is -1.98. The van der Waals surface area contributed by atoms with E-state index in [9.17, 15) is 19.5 Å². The van der Waals surface area contributed by atoms with Crippen LogP contribution in [-0.2, 0) is 23.9 Å². The zero-order chi connectivity index (χ0) is 17.2. The van der Waals surface area contributed by atoms with E-state index in [0.29, 0.717) is 17.6 Å². The van der Waals surface area contributed by atoms with Crippen LogP contribution in [0.5, 0.6) is 0 Å². The lowest BCUT2D eigenvalue weighted by molar-refractivity contribution is -0.176. The highest BCUT2D eigenvalue weighted by Crippen LogP contribution is 2.53. The van der Waals surface area contributed by atoms with Gasteiger partial charge in [0.15, 0.2) is 17.5 Å². The summed E-state index contributed by atoms with van der Waals surface area (Å²) in [5, 5.41) is 9.88. The molecule has 0 unspecified atom stereocenters. The summed E-state index contributed by atoms with van der Waals surface area (Å²) in [6.07, 6.45) is -1.40. The number of aliphatic hydroxyl groups is 1. The number of carbonyl (C=O) groups excluding carboxylic acids is 3. The fraction of sp³-hybridized carbons (Fsp3) is 0.706. The number of Topliss-reactive ketones (excluding diaryl/α,β-unsaturated/α-hetero) is 2. The van der Waals surface area contributed by atoms with Gasteiger partial charge < -0.3 is 14.6 Å². The molecule has 0 aromatic rings. The van der Waals surface area contributed by atoms with Crippen molar-refractivity contribution in [2.24, 2.45) is 11.3 Å². The van der Waals surface area contributed by atoms with Crippen molar-refractivity contribution in [2.75, 3.05) is 6.61 Å². The van der Waals surface area contributed by atoms with E-state index in [4.69, 9.17) is 9.47 Å². The van der Waals surface area contributed by atoms with E-state index < -0.39 is 23.1 Å². The van der Waals surface area contributed by atoms with E-state index in [0.717, 1.165) is 0 Å². The third-order valence-corrected chi connectivity index (χ3v) is 5.99. The summed E-state index contributed by atoms with van der Waals surface area (Å²) in [6, 6.07) is 0. The van der Waals surface area contributed by atoms with Gasteiger partial charge in [0.2, 0.25) is 5.78 Å². The SMILES string of the molecule is CC[C@]1(C)C(=O)C2=C(C(=O)[C@@]13C[C@H](O)C(=O)O3)[C@H](C)[C@H](C)OC2. The van der Waals surface area contributed by atoms with Gasteiger partial charge in [-0.15, -0.1) is 0 Å². The number of carbonyl (C=O) groups is 3. The van der Waals surface area contributed by atoms with Crippen LogP contribution in [0.15, 0.2) is 11.1 Å². The molecule has 126 valence electrons. The number of rotatable bonds is 1. The van der Waals surface area contributed by atoms with Crippen LogP contribution in [0.3, 0.4) is 0 Å². The number of aliphatic hydroxyl groups excluding tert-OH is 1. The van der Waals surface area contributed by atoms with Crippen LogP contribution in [0.2, 0.25) is 0 Å². The van der Waals surface area contributed by atoms with Crippen molar-refractivity contribution in [2.45, 2.75) is 58.3 Å². The third kappa shape index (κ3) is 1.85. The molecule has 3 rings (SSSR count). The Bertz CT molecular complexity index is 635. The fourth-order valence-electron chi connectivity index (χ4n) is 4.02. The quantitative estimate of drug-likeness (QED) is 0.723. The molecule has 0 aromatic heterocycles. The van der Waals surface area contributed by atoms with Gasteiger partial charge in [0.25, 0.3) is 0 Å². The first-order chi connectivity index (χ1) is 10.7. The van der Waals surface area contributed by atoms with Gasteiger partial charge in [-0.1, -0.05) is 13.8 Å². The first kappa shape index (κ1) is 16.3. The molecule has 0 aromatic carbocycles. The molecule has 5 atom stereocenters. The second-order valence-electron chi connectivity index (χ2n) is 7.01. The number of hydrogen-bond donors (Lipinski definition) is 1. The molecule has 23 heavy (non-hydrogen) atoms. The molecule has 0 bridgehead atoms. The molecule has 6 nitrogen and oxygen atoms in total. The van der Waals surface area contributed by atoms with Crippen molar-refractivity contribution < 1.29 is 29.0 Å². The van der Waals surface area contributed by atoms with E-state index >= 15 is 0 Å². The van der Waals surface area contributed by atoms with E-state index in [2.05, 4.69) is 0 Å². The Morgan fingerprint density at radius 3 is 2.39 bits per heavy atom. The maximum absolute atomic E-state index is 13.3. The lowest BCUT2D eigenvalue weighted by Crippen LogP contribution is -2.62. The van der Waals surface area contributed by atoms with Gasteiger partial charge in [0, 0.05) is 23.5 Å². The van der Waals surface area contributed by atoms with Gasteiger partial charge in [-0.25, -0.2) is 4.79 Å². The molecule has 2 heterocycles. The minimum Gasteiger partial charge on any atom is -0.448 e. The van der Waals surface area contributed by atoms with Crippen molar-refractivity contribution in [3.63, 3.8) is 0 Å². The summed E-state index contributed by atoms with van der Waals surface area (Å²) in [4.78, 5) is 38.3. The lowest BCUT2D eigenvalue weighted by atomic mass is 9.57. The number of hydrogen-bond acceptors (Lipinski definition) is 6. The van der Waals surface area contributed by atoms with Gasteiger partial charge in [0.05, 0.1) is 18.1 Å². The van der Waals surface area contributed by atoms with E-state index in [-0.39, 0.29) is 36.6 Å². The summed E-state index contributed by atoms with van der Waals surface area (Å²) < 4.78 is 11.0. The summed E-state index contributed by atoms with van der Waals surface area (Å²) in [6.45, 7) is 7.22. The predicted molar refractivity (Wildman–Crippen MR) is 79.5 cm³/mol. The fourth-order valence-corrected chi connectivity index (χ4v) is 4.02. The summed E-state index contributed by atoms with van der Waals surface area (Å²) >= 11 is 0. The van der Waals surface area contributed by atoms with E-state index in [1.165, 1.54) is 0 Å². The second kappa shape index (κ2) is 4.98. The van der Waals surface area contributed by atoms with Crippen molar-refractivity contribution in [3.8, 4) is 0 Å². The maximum Gasteiger partial charge on any atom is 0.336 e. The van der Waals surface area contributed by atoms with Crippen LogP contribution >= 0.6 is 0 Å². The number of ketones is 2. The molecule has 1 saturated heterocycles. The van der Waals surface area contributed by atoms with Gasteiger partial charge >= 0.3 is 5.97 Å². The molecule has 0 saturated carbocycles. The van der Waals surface area contributed by atoms with E-state index in [1.54, 1.807) is 13.8 Å². The molecule has 1 N–H and O–H groups in total. The number of esters is 1. The Balaban J connectivity index is 2.22. The first-order valence-corrected chi connectivity index (χ1v) is 8.04. The van der Waals surface area contributed by atoms with Crippen LogP contribution in [0.1, 0.15) is 40.5 Å². The average Bonchev–Trinajstić information content (AvgIpc) is 2.83. The van der Waals surface area contributed by atoms with Crippen molar-refractivity contribution in [3.05, 3.63) is 11.1 Å². The summed E-state index contributed by atoms with van der Waals surface area (Å²) in [5.74, 6) is -1.65. The van der Waals surface area contributed by atoms with Crippen LogP contribution in [-0.4, -0.2) is 47.1 Å². The normalized spacial score (nSPS) is 43.9. The van der Waals surface area contributed by atoms with Gasteiger partial charge in [-0.3, -0.25) is 9.59 Å². The molecule has 0 amide bonds. The minimum atomic E-state index is -1.60. The highest BCUT2D eigenvalue weighted by Gasteiger charge is 2.68. The molecule has 3 aliphatic rings. The zero-order valence-corrected chi connectivity index (χ0v) is 13.8. The maximum atomic E-state index is 13.3. The van der Waals surface area contributed by atoms with Crippen LogP contribution < -0.4 is 0 Å². The molecule has 1 spiro atoms. The summed E-state index contributed by atoms with van der Waals surface area (Å²) in [7, 11) is 0. The van der Waals surface area contributed by atoms with Crippen molar-refractivity contribution in [1.29, 1.82) is 0 Å². The molecule has 1 aliphatic carbocycles. The van der Waals surface area contributed by atoms with Crippen LogP contribution in [0.25, 0.3) is 0 Å². The van der Waals surface area contributed by atoms with Gasteiger partial charge in [-0.2, -0.15) is 0 Å². The largest absolute Gasteiger partial charge is 0.448 e. The molecular formula is C17H22O6. The standard InChI is InChI=1S/C17H22O6/c1-5-16(4)13(19)10-7-22-9(3)8(2)12(10)14(20)17(16)6-11(18)15(21)23-17/h8-9,11,18H,5-7H2,1-4H3/t8-,9+,11+,16-,17+/m1/s1. The molecule has 2 aliphatic heterocycles. The topological polar surface area (TPSA) is 89.9 Å². The first-order valence-electron chi connectivity index (χ1n) is 8.04. The Hall–Kier alpha value is -1.53. The Kier molecular flexibility index (Phi) is 3.54. The Labute approximate surface area is 134 Å². The van der Waals surface area contributed by atoms with Crippen molar-refractivity contribution >= 4 is 17.5 Å². The molecule has 6 heteroatoms. The van der Waals surface area contributed by atoms with Gasteiger partial charge in [-0.05, 0) is 20.3 Å². The smallest absolute Gasteiger partial charge is 0.336 e. The number of ether oxygens (including phenoxy) is 2. The van der Waals surface area contributed by atoms with E-state index in [1.807, 2.05) is 13.8 Å². The molecule has 0 radical (unpaired) electrons. The average molecular weight is 322 g/mol. The van der Waals surface area contributed by atoms with Crippen LogP contribution in [0.4, 0.5) is 0 Å². The minimum absolute atomic E-state index is 0.105. The zero-order valence-electron chi connectivity index (χ0n) is 13.8. The van der Waals surface area contributed by atoms with Crippen molar-refractivity contribution in [1.82, 2.24) is 0 Å².